The summed E-state index contributed by atoms with van der Waals surface area (Å²) in [5.74, 6) is 0.0175. The van der Waals surface area contributed by atoms with Gasteiger partial charge >= 0.3 is 0 Å². The maximum absolute atomic E-state index is 13.7. The summed E-state index contributed by atoms with van der Waals surface area (Å²) in [5, 5.41) is 6.63. The van der Waals surface area contributed by atoms with E-state index >= 15 is 0 Å². The monoisotopic (exact) mass is 235 g/mol. The number of ether oxygens (including phenoxy) is 1. The number of hydrogen-bond donors (Lipinski definition) is 2. The van der Waals surface area contributed by atoms with Gasteiger partial charge in [-0.05, 0) is 19.9 Å². The second-order valence-corrected chi connectivity index (χ2v) is 3.94. The number of H-pyrrole nitrogens is 1. The highest BCUT2D eigenvalue weighted by Gasteiger charge is 2.14. The number of aromatic amines is 1. The third-order valence-electron chi connectivity index (χ3n) is 2.38. The Morgan fingerprint density at radius 3 is 2.82 bits per heavy atom. The third kappa shape index (κ3) is 2.45. The molecule has 1 atom stereocenters. The normalized spacial score (nSPS) is 12.5. The average Bonchev–Trinajstić information content (AvgIpc) is 2.67. The third-order valence-corrected chi connectivity index (χ3v) is 2.38. The highest BCUT2D eigenvalue weighted by Crippen LogP contribution is 2.30. The second kappa shape index (κ2) is 4.55. The molecule has 0 aliphatic heterocycles. The van der Waals surface area contributed by atoms with E-state index in [9.17, 15) is 4.39 Å². The molecule has 90 valence electrons. The number of hydrogen-bond acceptors (Lipinski definition) is 3. The zero-order valence-corrected chi connectivity index (χ0v) is 9.70. The molecule has 0 aliphatic rings. The molecule has 0 bridgehead atoms. The molecule has 3 N–H and O–H groups in total. The lowest BCUT2D eigenvalue weighted by Gasteiger charge is -2.12. The number of para-hydroxylation sites is 1. The number of halogens is 1. The zero-order valence-electron chi connectivity index (χ0n) is 9.70. The summed E-state index contributed by atoms with van der Waals surface area (Å²) in [6.07, 6.45) is 0. The van der Waals surface area contributed by atoms with Gasteiger partial charge in [-0.2, -0.15) is 0 Å². The Hall–Kier alpha value is -1.88. The lowest BCUT2D eigenvalue weighted by atomic mass is 10.1. The second-order valence-electron chi connectivity index (χ2n) is 3.94. The molecule has 0 aliphatic carbocycles. The van der Waals surface area contributed by atoms with Crippen LogP contribution in [0.4, 0.5) is 4.39 Å². The Labute approximate surface area is 98.6 Å². The number of nitrogens with two attached hydrogens (primary N) is 1. The van der Waals surface area contributed by atoms with E-state index in [-0.39, 0.29) is 11.8 Å². The molecule has 5 heteroatoms. The maximum Gasteiger partial charge on any atom is 0.238 e. The number of aromatic nitrogens is 2. The van der Waals surface area contributed by atoms with Gasteiger partial charge in [-0.3, -0.25) is 5.10 Å². The van der Waals surface area contributed by atoms with Crippen LogP contribution in [0.2, 0.25) is 0 Å². The van der Waals surface area contributed by atoms with Crippen molar-refractivity contribution in [2.75, 3.05) is 0 Å². The predicted octanol–water partition coefficient (Wildman–Crippen LogP) is 2.67. The van der Waals surface area contributed by atoms with Crippen LogP contribution in [0.5, 0.6) is 11.6 Å². The maximum atomic E-state index is 13.7. The number of benzene rings is 1. The van der Waals surface area contributed by atoms with Crippen LogP contribution < -0.4 is 10.5 Å². The van der Waals surface area contributed by atoms with Gasteiger partial charge in [0.25, 0.3) is 0 Å². The minimum Gasteiger partial charge on any atom is -0.434 e. The van der Waals surface area contributed by atoms with Gasteiger partial charge in [0.1, 0.15) is 0 Å². The number of nitrogens with zero attached hydrogens (tertiary/aromatic N) is 1. The predicted molar refractivity (Wildman–Crippen MR) is 62.4 cm³/mol. The van der Waals surface area contributed by atoms with Crippen LogP contribution in [-0.4, -0.2) is 10.2 Å². The SMILES string of the molecule is Cc1cc(Oc2c(F)cccc2[C@@H](C)N)n[nH]1. The van der Waals surface area contributed by atoms with Gasteiger partial charge in [0, 0.05) is 23.4 Å². The van der Waals surface area contributed by atoms with E-state index in [4.69, 9.17) is 10.5 Å². The van der Waals surface area contributed by atoms with E-state index in [2.05, 4.69) is 10.2 Å². The largest absolute Gasteiger partial charge is 0.434 e. The van der Waals surface area contributed by atoms with Crippen molar-refractivity contribution in [3.05, 3.63) is 41.3 Å². The van der Waals surface area contributed by atoms with Gasteiger partial charge in [0.15, 0.2) is 11.6 Å². The van der Waals surface area contributed by atoms with Crippen LogP contribution in [0, 0.1) is 12.7 Å². The Kier molecular flexibility index (Phi) is 3.10. The Morgan fingerprint density at radius 1 is 1.47 bits per heavy atom. The first-order valence-corrected chi connectivity index (χ1v) is 5.32. The van der Waals surface area contributed by atoms with Crippen molar-refractivity contribution in [2.24, 2.45) is 5.73 Å². The van der Waals surface area contributed by atoms with Crippen LogP contribution >= 0.6 is 0 Å². The molecule has 2 rings (SSSR count). The molecule has 0 amide bonds. The fourth-order valence-corrected chi connectivity index (χ4v) is 1.54. The van der Waals surface area contributed by atoms with Crippen molar-refractivity contribution < 1.29 is 9.13 Å². The summed E-state index contributed by atoms with van der Waals surface area (Å²) in [7, 11) is 0. The van der Waals surface area contributed by atoms with Gasteiger partial charge < -0.3 is 10.5 Å². The van der Waals surface area contributed by atoms with E-state index in [1.54, 1.807) is 25.1 Å². The van der Waals surface area contributed by atoms with Crippen molar-refractivity contribution in [1.82, 2.24) is 10.2 Å². The van der Waals surface area contributed by atoms with Gasteiger partial charge in [-0.15, -0.1) is 5.10 Å². The van der Waals surface area contributed by atoms with Crippen LogP contribution in [0.25, 0.3) is 0 Å². The fraction of sp³-hybridized carbons (Fsp3) is 0.250. The zero-order chi connectivity index (χ0) is 12.4. The molecule has 1 aromatic heterocycles. The van der Waals surface area contributed by atoms with Crippen LogP contribution in [-0.2, 0) is 0 Å². The van der Waals surface area contributed by atoms with E-state index < -0.39 is 5.82 Å². The molecule has 1 heterocycles. The molecular weight excluding hydrogens is 221 g/mol. The molecule has 0 saturated heterocycles. The van der Waals surface area contributed by atoms with E-state index in [1.807, 2.05) is 6.92 Å². The Bertz CT molecular complexity index is 522. The first-order chi connectivity index (χ1) is 8.08. The van der Waals surface area contributed by atoms with Gasteiger partial charge in [0.2, 0.25) is 5.88 Å². The van der Waals surface area contributed by atoms with Crippen molar-refractivity contribution in [2.45, 2.75) is 19.9 Å². The summed E-state index contributed by atoms with van der Waals surface area (Å²) >= 11 is 0. The van der Waals surface area contributed by atoms with Crippen molar-refractivity contribution in [3.63, 3.8) is 0 Å². The van der Waals surface area contributed by atoms with E-state index in [0.717, 1.165) is 5.69 Å². The summed E-state index contributed by atoms with van der Waals surface area (Å²) in [6, 6.07) is 6.07. The summed E-state index contributed by atoms with van der Waals surface area (Å²) in [6.45, 7) is 3.62. The smallest absolute Gasteiger partial charge is 0.238 e. The van der Waals surface area contributed by atoms with E-state index in [0.29, 0.717) is 11.4 Å². The van der Waals surface area contributed by atoms with Crippen molar-refractivity contribution in [3.8, 4) is 11.6 Å². The Morgan fingerprint density at radius 2 is 2.24 bits per heavy atom. The minimum absolute atomic E-state index is 0.133. The summed E-state index contributed by atoms with van der Waals surface area (Å²) in [4.78, 5) is 0. The minimum atomic E-state index is -0.444. The van der Waals surface area contributed by atoms with E-state index in [1.165, 1.54) is 6.07 Å². The van der Waals surface area contributed by atoms with Crippen molar-refractivity contribution in [1.29, 1.82) is 0 Å². The standard InChI is InChI=1S/C12H14FN3O/c1-7-6-11(16-15-7)17-12-9(8(2)14)4-3-5-10(12)13/h3-6,8H,14H2,1-2H3,(H,15,16)/t8-/m1/s1. The highest BCUT2D eigenvalue weighted by atomic mass is 19.1. The van der Waals surface area contributed by atoms with Crippen LogP contribution in [0.1, 0.15) is 24.2 Å². The molecular formula is C12H14FN3O. The Balaban J connectivity index is 2.37. The fourth-order valence-electron chi connectivity index (χ4n) is 1.54. The lowest BCUT2D eigenvalue weighted by molar-refractivity contribution is 0.418. The number of aryl methyl sites for hydroxylation is 1. The number of rotatable bonds is 3. The molecule has 4 nitrogen and oxygen atoms in total. The van der Waals surface area contributed by atoms with Crippen molar-refractivity contribution >= 4 is 0 Å². The summed E-state index contributed by atoms with van der Waals surface area (Å²) in [5.41, 5.74) is 7.23. The molecule has 0 spiro atoms. The summed E-state index contributed by atoms with van der Waals surface area (Å²) < 4.78 is 19.1. The van der Waals surface area contributed by atoms with Crippen LogP contribution in [0.15, 0.2) is 24.3 Å². The topological polar surface area (TPSA) is 63.9 Å². The average molecular weight is 235 g/mol. The first kappa shape index (κ1) is 11.6. The lowest BCUT2D eigenvalue weighted by Crippen LogP contribution is -2.07. The molecule has 0 saturated carbocycles. The van der Waals surface area contributed by atoms with Crippen LogP contribution in [0.3, 0.4) is 0 Å². The van der Waals surface area contributed by atoms with Gasteiger partial charge in [-0.25, -0.2) is 4.39 Å². The molecule has 1 aromatic carbocycles. The molecule has 2 aromatic rings. The molecule has 0 fully saturated rings. The molecule has 0 radical (unpaired) electrons. The molecule has 17 heavy (non-hydrogen) atoms. The van der Waals surface area contributed by atoms with Gasteiger partial charge in [0.05, 0.1) is 0 Å². The number of nitrogens with one attached hydrogen (secondary N) is 1. The highest BCUT2D eigenvalue weighted by molar-refractivity contribution is 5.39. The quantitative estimate of drug-likeness (QED) is 0.859. The first-order valence-electron chi connectivity index (χ1n) is 5.32. The van der Waals surface area contributed by atoms with Gasteiger partial charge in [-0.1, -0.05) is 12.1 Å². The molecule has 0 unspecified atom stereocenters.